The molecule has 1 aromatic heterocycles. The van der Waals surface area contributed by atoms with Gasteiger partial charge in [-0.2, -0.15) is 18.3 Å². The molecule has 26 heavy (non-hydrogen) atoms. The highest BCUT2D eigenvalue weighted by Gasteiger charge is 2.48. The highest BCUT2D eigenvalue weighted by atomic mass is 19.4. The summed E-state index contributed by atoms with van der Waals surface area (Å²) in [5, 5.41) is 13.3. The maximum atomic E-state index is 13.8. The molecule has 0 saturated heterocycles. The van der Waals surface area contributed by atoms with Crippen molar-refractivity contribution in [1.29, 1.82) is 0 Å². The van der Waals surface area contributed by atoms with Gasteiger partial charge in [0.15, 0.2) is 0 Å². The van der Waals surface area contributed by atoms with Crippen LogP contribution in [-0.2, 0) is 6.54 Å². The van der Waals surface area contributed by atoms with Gasteiger partial charge in [-0.25, -0.2) is 0 Å². The fourth-order valence-corrected chi connectivity index (χ4v) is 3.79. The predicted molar refractivity (Wildman–Crippen MR) is 92.8 cm³/mol. The van der Waals surface area contributed by atoms with E-state index in [0.717, 1.165) is 16.7 Å². The molecule has 2 aromatic carbocycles. The van der Waals surface area contributed by atoms with Crippen LogP contribution in [0.1, 0.15) is 22.6 Å². The van der Waals surface area contributed by atoms with Gasteiger partial charge in [0.2, 0.25) is 0 Å². The normalized spacial score (nSPS) is 15.8. The number of aryl methyl sites for hydroxylation is 1. The van der Waals surface area contributed by atoms with Gasteiger partial charge in [-0.1, -0.05) is 42.0 Å². The Balaban J connectivity index is 1.98. The van der Waals surface area contributed by atoms with Crippen LogP contribution in [0.5, 0.6) is 0 Å². The quantitative estimate of drug-likeness (QED) is 0.747. The number of aromatic nitrogens is 2. The highest BCUT2D eigenvalue weighted by molar-refractivity contribution is 5.91. The van der Waals surface area contributed by atoms with E-state index in [4.69, 9.17) is 5.11 Å². The van der Waals surface area contributed by atoms with E-state index < -0.39 is 12.1 Å². The number of fused-ring (bicyclic) bond motifs is 3. The van der Waals surface area contributed by atoms with Crippen molar-refractivity contribution in [2.45, 2.75) is 25.6 Å². The van der Waals surface area contributed by atoms with Gasteiger partial charge in [-0.15, -0.1) is 0 Å². The molecular formula is C20H17F3N2O. The zero-order valence-corrected chi connectivity index (χ0v) is 14.1. The van der Waals surface area contributed by atoms with Gasteiger partial charge in [0, 0.05) is 11.8 Å². The Kier molecular flexibility index (Phi) is 3.88. The minimum Gasteiger partial charge on any atom is -0.394 e. The first kappa shape index (κ1) is 16.8. The number of benzene rings is 2. The summed E-state index contributed by atoms with van der Waals surface area (Å²) in [6.45, 7) is 2.10. The molecule has 1 N–H and O–H groups in total. The predicted octanol–water partition coefficient (Wildman–Crippen LogP) is 4.53. The molecule has 0 unspecified atom stereocenters. The SMILES string of the molecule is Cc1cc(-c2cnn(CCO)c2)c2c(c1)[C@@H](C(F)(F)F)c1ccccc1-2. The second-order valence-electron chi connectivity index (χ2n) is 6.55. The summed E-state index contributed by atoms with van der Waals surface area (Å²) in [4.78, 5) is 0. The van der Waals surface area contributed by atoms with Crippen LogP contribution in [0.25, 0.3) is 22.3 Å². The largest absolute Gasteiger partial charge is 0.399 e. The number of nitrogens with zero attached hydrogens (tertiary/aromatic N) is 2. The average molecular weight is 358 g/mol. The van der Waals surface area contributed by atoms with Crippen LogP contribution >= 0.6 is 0 Å². The van der Waals surface area contributed by atoms with E-state index in [1.807, 2.05) is 6.07 Å². The lowest BCUT2D eigenvalue weighted by Crippen LogP contribution is -2.20. The molecular weight excluding hydrogens is 341 g/mol. The molecule has 0 radical (unpaired) electrons. The van der Waals surface area contributed by atoms with Gasteiger partial charge in [0.1, 0.15) is 5.92 Å². The molecule has 0 aliphatic heterocycles. The molecule has 6 heteroatoms. The summed E-state index contributed by atoms with van der Waals surface area (Å²) in [6.07, 6.45) is -0.962. The van der Waals surface area contributed by atoms with Gasteiger partial charge in [0.05, 0.1) is 19.3 Å². The van der Waals surface area contributed by atoms with Gasteiger partial charge in [-0.3, -0.25) is 4.68 Å². The van der Waals surface area contributed by atoms with Crippen molar-refractivity contribution in [3.8, 4) is 22.3 Å². The molecule has 1 aliphatic carbocycles. The number of aliphatic hydroxyl groups is 1. The summed E-state index contributed by atoms with van der Waals surface area (Å²) in [6, 6.07) is 10.2. The minimum atomic E-state index is -4.35. The fourth-order valence-electron chi connectivity index (χ4n) is 3.79. The number of halogens is 3. The summed E-state index contributed by atoms with van der Waals surface area (Å²) >= 11 is 0. The zero-order valence-electron chi connectivity index (χ0n) is 14.1. The van der Waals surface area contributed by atoms with E-state index >= 15 is 0 Å². The molecule has 134 valence electrons. The monoisotopic (exact) mass is 358 g/mol. The van der Waals surface area contributed by atoms with Crippen LogP contribution in [0.2, 0.25) is 0 Å². The van der Waals surface area contributed by atoms with E-state index in [1.165, 1.54) is 0 Å². The van der Waals surface area contributed by atoms with Gasteiger partial charge in [-0.05, 0) is 34.7 Å². The maximum Gasteiger partial charge on any atom is 0.399 e. The average Bonchev–Trinajstić information content (AvgIpc) is 3.16. The molecule has 3 aromatic rings. The van der Waals surface area contributed by atoms with Crippen LogP contribution in [0.15, 0.2) is 48.8 Å². The van der Waals surface area contributed by atoms with Crippen LogP contribution < -0.4 is 0 Å². The van der Waals surface area contributed by atoms with Crippen LogP contribution in [0.3, 0.4) is 0 Å². The lowest BCUT2D eigenvalue weighted by Gasteiger charge is -2.18. The van der Waals surface area contributed by atoms with Crippen molar-refractivity contribution in [2.24, 2.45) is 0 Å². The van der Waals surface area contributed by atoms with Crippen molar-refractivity contribution >= 4 is 0 Å². The van der Waals surface area contributed by atoms with Crippen molar-refractivity contribution in [1.82, 2.24) is 9.78 Å². The number of hydrogen-bond acceptors (Lipinski definition) is 2. The topological polar surface area (TPSA) is 38.0 Å². The third-order valence-electron chi connectivity index (χ3n) is 4.77. The van der Waals surface area contributed by atoms with Crippen LogP contribution in [0.4, 0.5) is 13.2 Å². The third-order valence-corrected chi connectivity index (χ3v) is 4.77. The number of alkyl halides is 3. The molecule has 1 heterocycles. The molecule has 1 atom stereocenters. The van der Waals surface area contributed by atoms with Gasteiger partial charge in [0.25, 0.3) is 0 Å². The molecule has 0 amide bonds. The Bertz CT molecular complexity index is 975. The standard InChI is InChI=1S/C20H17F3N2O/c1-12-8-16(13-10-24-25(11-13)6-7-26)18-14-4-2-3-5-15(14)19(17(18)9-12)20(21,22)23/h2-5,8-11,19,26H,6-7H2,1H3/t19-/m0/s1. The third kappa shape index (κ3) is 2.61. The van der Waals surface area contributed by atoms with Crippen molar-refractivity contribution < 1.29 is 18.3 Å². The van der Waals surface area contributed by atoms with E-state index in [-0.39, 0.29) is 6.61 Å². The lowest BCUT2D eigenvalue weighted by molar-refractivity contribution is -0.140. The first-order valence-corrected chi connectivity index (χ1v) is 8.34. The highest BCUT2D eigenvalue weighted by Crippen LogP contribution is 2.54. The Hall–Kier alpha value is -2.60. The van der Waals surface area contributed by atoms with Crippen LogP contribution in [0, 0.1) is 6.92 Å². The summed E-state index contributed by atoms with van der Waals surface area (Å²) in [5.74, 6) is -1.61. The Morgan fingerprint density at radius 3 is 2.62 bits per heavy atom. The minimum absolute atomic E-state index is 0.0496. The van der Waals surface area contributed by atoms with E-state index in [1.54, 1.807) is 54.3 Å². The second kappa shape index (κ2) is 5.99. The Morgan fingerprint density at radius 1 is 1.12 bits per heavy atom. The van der Waals surface area contributed by atoms with Crippen molar-refractivity contribution in [3.63, 3.8) is 0 Å². The van der Waals surface area contributed by atoms with Crippen molar-refractivity contribution in [2.75, 3.05) is 6.61 Å². The molecule has 0 fully saturated rings. The number of hydrogen-bond donors (Lipinski definition) is 1. The molecule has 0 spiro atoms. The molecule has 4 rings (SSSR count). The smallest absolute Gasteiger partial charge is 0.394 e. The van der Waals surface area contributed by atoms with Gasteiger partial charge < -0.3 is 5.11 Å². The molecule has 0 saturated carbocycles. The Morgan fingerprint density at radius 2 is 1.88 bits per heavy atom. The van der Waals surface area contributed by atoms with Crippen molar-refractivity contribution in [3.05, 3.63) is 65.5 Å². The first-order chi connectivity index (χ1) is 12.4. The lowest BCUT2D eigenvalue weighted by atomic mass is 9.91. The first-order valence-electron chi connectivity index (χ1n) is 8.34. The number of aliphatic hydroxyl groups excluding tert-OH is 1. The maximum absolute atomic E-state index is 13.8. The van der Waals surface area contributed by atoms with E-state index in [9.17, 15) is 13.2 Å². The molecule has 3 nitrogen and oxygen atoms in total. The summed E-state index contributed by atoms with van der Waals surface area (Å²) < 4.78 is 43.1. The fraction of sp³-hybridized carbons (Fsp3) is 0.250. The number of rotatable bonds is 3. The molecule has 1 aliphatic rings. The summed E-state index contributed by atoms with van der Waals surface area (Å²) in [7, 11) is 0. The van der Waals surface area contributed by atoms with Crippen LogP contribution in [-0.4, -0.2) is 27.7 Å². The zero-order chi connectivity index (χ0) is 18.5. The second-order valence-corrected chi connectivity index (χ2v) is 6.55. The Labute approximate surface area is 148 Å². The summed E-state index contributed by atoms with van der Waals surface area (Å²) in [5.41, 5.74) is 4.09. The van der Waals surface area contributed by atoms with Gasteiger partial charge >= 0.3 is 6.18 Å². The van der Waals surface area contributed by atoms with E-state index in [0.29, 0.717) is 28.8 Å². The molecule has 0 bridgehead atoms. The van der Waals surface area contributed by atoms with E-state index in [2.05, 4.69) is 5.10 Å².